The van der Waals surface area contributed by atoms with Crippen molar-refractivity contribution in [2.75, 3.05) is 0 Å². The summed E-state index contributed by atoms with van der Waals surface area (Å²) in [6.45, 7) is 4.50. The minimum atomic E-state index is 0.00189. The summed E-state index contributed by atoms with van der Waals surface area (Å²) in [5.41, 5.74) is 1.31. The van der Waals surface area contributed by atoms with E-state index in [2.05, 4.69) is 18.8 Å². The van der Waals surface area contributed by atoms with E-state index in [-0.39, 0.29) is 5.56 Å². The second kappa shape index (κ2) is 9.82. The maximum absolute atomic E-state index is 11.1. The second-order valence-electron chi connectivity index (χ2n) is 5.53. The van der Waals surface area contributed by atoms with Crippen LogP contribution in [0.15, 0.2) is 23.1 Å². The maximum atomic E-state index is 11.1. The minimum absolute atomic E-state index is 0.00189. The average Bonchev–Trinajstić information content (AvgIpc) is 2.43. The highest BCUT2D eigenvalue weighted by Gasteiger charge is 2.11. The van der Waals surface area contributed by atoms with Gasteiger partial charge < -0.3 is 4.98 Å². The molecule has 0 aliphatic carbocycles. The third kappa shape index (κ3) is 6.60. The fraction of sp³-hybridized carbons (Fsp3) is 0.706. The van der Waals surface area contributed by atoms with E-state index in [0.29, 0.717) is 5.92 Å². The van der Waals surface area contributed by atoms with E-state index >= 15 is 0 Å². The molecule has 1 heterocycles. The van der Waals surface area contributed by atoms with Crippen LogP contribution in [0.5, 0.6) is 0 Å². The molecule has 2 heteroatoms. The molecule has 1 aromatic rings. The van der Waals surface area contributed by atoms with Crippen molar-refractivity contribution in [3.05, 3.63) is 34.2 Å². The number of rotatable bonds is 10. The first-order valence-electron chi connectivity index (χ1n) is 7.96. The molecule has 0 saturated carbocycles. The number of nitrogens with one attached hydrogen (secondary N) is 1. The predicted molar refractivity (Wildman–Crippen MR) is 82.7 cm³/mol. The first-order chi connectivity index (χ1) is 9.27. The van der Waals surface area contributed by atoms with Crippen LogP contribution < -0.4 is 5.56 Å². The monoisotopic (exact) mass is 263 g/mol. The molecule has 0 aliphatic rings. The van der Waals surface area contributed by atoms with Crippen molar-refractivity contribution >= 4 is 0 Å². The number of hydrogen-bond donors (Lipinski definition) is 1. The molecule has 1 atom stereocenters. The van der Waals surface area contributed by atoms with E-state index in [9.17, 15) is 4.79 Å². The number of unbranched alkanes of at least 4 members (excludes halogenated alkanes) is 5. The van der Waals surface area contributed by atoms with Gasteiger partial charge in [0.05, 0.1) is 0 Å². The summed E-state index contributed by atoms with van der Waals surface area (Å²) in [4.78, 5) is 14.0. The van der Waals surface area contributed by atoms with Crippen LogP contribution in [0.25, 0.3) is 0 Å². The molecule has 1 rings (SSSR count). The van der Waals surface area contributed by atoms with Crippen LogP contribution in [0, 0.1) is 0 Å². The fourth-order valence-electron chi connectivity index (χ4n) is 2.61. The molecule has 0 amide bonds. The van der Waals surface area contributed by atoms with Crippen molar-refractivity contribution in [1.82, 2.24) is 4.98 Å². The van der Waals surface area contributed by atoms with Gasteiger partial charge in [-0.15, -0.1) is 0 Å². The number of aromatic amines is 1. The number of aromatic nitrogens is 1. The van der Waals surface area contributed by atoms with E-state index in [1.54, 1.807) is 6.07 Å². The molecule has 0 aromatic carbocycles. The molecule has 0 aliphatic heterocycles. The Morgan fingerprint density at radius 1 is 0.947 bits per heavy atom. The smallest absolute Gasteiger partial charge is 0.247 e. The highest BCUT2D eigenvalue weighted by molar-refractivity contribution is 5.14. The molecule has 0 saturated heterocycles. The van der Waals surface area contributed by atoms with E-state index in [1.807, 2.05) is 12.3 Å². The number of H-pyrrole nitrogens is 1. The molecule has 2 nitrogen and oxygen atoms in total. The van der Waals surface area contributed by atoms with Gasteiger partial charge in [-0.05, 0) is 24.3 Å². The Bertz CT molecular complexity index is 363. The Kier molecular flexibility index (Phi) is 8.28. The Balaban J connectivity index is 2.52. The van der Waals surface area contributed by atoms with Crippen LogP contribution in [0.4, 0.5) is 0 Å². The Morgan fingerprint density at radius 2 is 1.58 bits per heavy atom. The highest BCUT2D eigenvalue weighted by atomic mass is 16.1. The molecular formula is C17H29NO. The van der Waals surface area contributed by atoms with Crippen molar-refractivity contribution in [2.24, 2.45) is 0 Å². The van der Waals surface area contributed by atoms with Gasteiger partial charge in [0.15, 0.2) is 0 Å². The van der Waals surface area contributed by atoms with Crippen LogP contribution in [0.1, 0.15) is 83.1 Å². The Labute approximate surface area is 117 Å². The summed E-state index contributed by atoms with van der Waals surface area (Å²) in [7, 11) is 0. The van der Waals surface area contributed by atoms with Crippen molar-refractivity contribution < 1.29 is 0 Å². The molecule has 0 spiro atoms. The summed E-state index contributed by atoms with van der Waals surface area (Å²) in [6.07, 6.45) is 13.6. The lowest BCUT2D eigenvalue weighted by Gasteiger charge is -2.17. The van der Waals surface area contributed by atoms with E-state index in [4.69, 9.17) is 0 Å². The zero-order chi connectivity index (χ0) is 13.9. The standard InChI is InChI=1S/C17H29NO/c1-3-5-7-9-11-15(10-8-6-4-2)16-12-13-17(19)18-14-16/h12-15H,3-11H2,1-2H3,(H,18,19). The van der Waals surface area contributed by atoms with Gasteiger partial charge in [0.2, 0.25) is 5.56 Å². The normalized spacial score (nSPS) is 12.5. The zero-order valence-electron chi connectivity index (χ0n) is 12.6. The molecule has 1 N–H and O–H groups in total. The van der Waals surface area contributed by atoms with Gasteiger partial charge in [-0.2, -0.15) is 0 Å². The molecule has 108 valence electrons. The van der Waals surface area contributed by atoms with Gasteiger partial charge in [0.25, 0.3) is 0 Å². The topological polar surface area (TPSA) is 32.9 Å². The molecule has 0 fully saturated rings. The van der Waals surface area contributed by atoms with Gasteiger partial charge in [-0.3, -0.25) is 4.79 Å². The van der Waals surface area contributed by atoms with E-state index < -0.39 is 0 Å². The van der Waals surface area contributed by atoms with Gasteiger partial charge in [0.1, 0.15) is 0 Å². The maximum Gasteiger partial charge on any atom is 0.247 e. The van der Waals surface area contributed by atoms with E-state index in [0.717, 1.165) is 0 Å². The first kappa shape index (κ1) is 16.0. The largest absolute Gasteiger partial charge is 0.329 e. The van der Waals surface area contributed by atoms with Crippen molar-refractivity contribution in [1.29, 1.82) is 0 Å². The first-order valence-corrected chi connectivity index (χ1v) is 7.96. The summed E-state index contributed by atoms with van der Waals surface area (Å²) in [6, 6.07) is 3.67. The third-order valence-corrected chi connectivity index (χ3v) is 3.84. The van der Waals surface area contributed by atoms with Crippen LogP contribution in [-0.4, -0.2) is 4.98 Å². The van der Waals surface area contributed by atoms with Crippen LogP contribution in [-0.2, 0) is 0 Å². The summed E-state index contributed by atoms with van der Waals surface area (Å²) in [5, 5.41) is 0. The van der Waals surface area contributed by atoms with Gasteiger partial charge in [0, 0.05) is 12.3 Å². The second-order valence-corrected chi connectivity index (χ2v) is 5.53. The summed E-state index contributed by atoms with van der Waals surface area (Å²) in [5.74, 6) is 0.625. The molecule has 1 unspecified atom stereocenters. The van der Waals surface area contributed by atoms with Gasteiger partial charge in [-0.25, -0.2) is 0 Å². The van der Waals surface area contributed by atoms with E-state index in [1.165, 1.54) is 63.4 Å². The molecule has 19 heavy (non-hydrogen) atoms. The number of pyridine rings is 1. The number of hydrogen-bond acceptors (Lipinski definition) is 1. The fourth-order valence-corrected chi connectivity index (χ4v) is 2.61. The highest BCUT2D eigenvalue weighted by Crippen LogP contribution is 2.27. The Hall–Kier alpha value is -1.05. The predicted octanol–water partition coefficient (Wildman–Crippen LogP) is 5.01. The van der Waals surface area contributed by atoms with Gasteiger partial charge >= 0.3 is 0 Å². The summed E-state index contributed by atoms with van der Waals surface area (Å²) < 4.78 is 0. The van der Waals surface area contributed by atoms with Crippen molar-refractivity contribution in [2.45, 2.75) is 77.6 Å². The minimum Gasteiger partial charge on any atom is -0.329 e. The van der Waals surface area contributed by atoms with Crippen LogP contribution in [0.2, 0.25) is 0 Å². The Morgan fingerprint density at radius 3 is 2.16 bits per heavy atom. The zero-order valence-corrected chi connectivity index (χ0v) is 12.6. The average molecular weight is 263 g/mol. The third-order valence-electron chi connectivity index (χ3n) is 3.84. The molecule has 1 aromatic heterocycles. The lowest BCUT2D eigenvalue weighted by molar-refractivity contribution is 0.500. The van der Waals surface area contributed by atoms with Gasteiger partial charge in [-0.1, -0.05) is 64.9 Å². The molecular weight excluding hydrogens is 234 g/mol. The van der Waals surface area contributed by atoms with Crippen molar-refractivity contribution in [3.63, 3.8) is 0 Å². The lowest BCUT2D eigenvalue weighted by Crippen LogP contribution is -2.06. The molecule has 0 radical (unpaired) electrons. The van der Waals surface area contributed by atoms with Crippen LogP contribution >= 0.6 is 0 Å². The van der Waals surface area contributed by atoms with Crippen LogP contribution in [0.3, 0.4) is 0 Å². The quantitative estimate of drug-likeness (QED) is 0.591. The summed E-state index contributed by atoms with van der Waals surface area (Å²) >= 11 is 0. The van der Waals surface area contributed by atoms with Crippen molar-refractivity contribution in [3.8, 4) is 0 Å². The lowest BCUT2D eigenvalue weighted by atomic mass is 9.89. The SMILES string of the molecule is CCCCCCC(CCCCC)c1ccc(=O)[nH]c1. The molecule has 0 bridgehead atoms.